The fraction of sp³-hybridized carbons (Fsp3) is 0.167. The lowest BCUT2D eigenvalue weighted by Crippen LogP contribution is -2.29. The molecule has 0 aliphatic rings. The zero-order valence-electron chi connectivity index (χ0n) is 15.2. The highest BCUT2D eigenvalue weighted by molar-refractivity contribution is 7.89. The van der Waals surface area contributed by atoms with Gasteiger partial charge in [0.25, 0.3) is 0 Å². The fourth-order valence-corrected chi connectivity index (χ4v) is 3.32. The van der Waals surface area contributed by atoms with Gasteiger partial charge in [-0.25, -0.2) is 13.1 Å². The van der Waals surface area contributed by atoms with Crippen molar-refractivity contribution in [2.75, 3.05) is 30.8 Å². The molecule has 0 amide bonds. The Morgan fingerprint density at radius 2 is 1.71 bits per heavy atom. The van der Waals surface area contributed by atoms with Crippen LogP contribution >= 0.6 is 0 Å². The van der Waals surface area contributed by atoms with Crippen molar-refractivity contribution in [3.63, 3.8) is 0 Å². The summed E-state index contributed by atoms with van der Waals surface area (Å²) >= 11 is 0. The van der Waals surface area contributed by atoms with Crippen molar-refractivity contribution in [1.29, 1.82) is 0 Å². The molecule has 0 unspecified atom stereocenters. The van der Waals surface area contributed by atoms with Gasteiger partial charge in [-0.2, -0.15) is 0 Å². The van der Waals surface area contributed by atoms with Crippen LogP contribution in [0.1, 0.15) is 0 Å². The number of sulfonamides is 1. The zero-order chi connectivity index (χ0) is 19.8. The van der Waals surface area contributed by atoms with Gasteiger partial charge >= 0.3 is 0 Å². The Morgan fingerprint density at radius 1 is 0.964 bits per heavy atom. The number of nitrogens with one attached hydrogen (secondary N) is 3. The molecule has 9 nitrogen and oxygen atoms in total. The van der Waals surface area contributed by atoms with Crippen molar-refractivity contribution in [2.45, 2.75) is 4.90 Å². The number of ether oxygens (including phenoxy) is 1. The van der Waals surface area contributed by atoms with E-state index in [4.69, 9.17) is 4.74 Å². The minimum absolute atomic E-state index is 0.180. The maximum absolute atomic E-state index is 12.2. The normalized spacial score (nSPS) is 11.0. The Balaban J connectivity index is 1.46. The molecular weight excluding hydrogens is 380 g/mol. The highest BCUT2D eigenvalue weighted by atomic mass is 32.2. The Morgan fingerprint density at radius 3 is 2.36 bits per heavy atom. The van der Waals surface area contributed by atoms with Gasteiger partial charge in [0.2, 0.25) is 10.0 Å². The third-order valence-corrected chi connectivity index (χ3v) is 5.17. The lowest BCUT2D eigenvalue weighted by atomic mass is 10.3. The van der Waals surface area contributed by atoms with Crippen LogP contribution in [0.3, 0.4) is 0 Å². The van der Waals surface area contributed by atoms with E-state index < -0.39 is 10.0 Å². The first-order valence-corrected chi connectivity index (χ1v) is 9.93. The van der Waals surface area contributed by atoms with Gasteiger partial charge in [-0.15, -0.1) is 10.2 Å². The summed E-state index contributed by atoms with van der Waals surface area (Å²) in [5.41, 5.74) is 0.811. The van der Waals surface area contributed by atoms with Gasteiger partial charge in [0, 0.05) is 19.3 Å². The quantitative estimate of drug-likeness (QED) is 0.467. The van der Waals surface area contributed by atoms with Crippen molar-refractivity contribution >= 4 is 27.3 Å². The fourth-order valence-electron chi connectivity index (χ4n) is 2.29. The third kappa shape index (κ3) is 5.38. The summed E-state index contributed by atoms with van der Waals surface area (Å²) in [6.45, 7) is 0.561. The summed E-state index contributed by atoms with van der Waals surface area (Å²) in [7, 11) is -2.05. The number of methoxy groups -OCH3 is 1. The van der Waals surface area contributed by atoms with E-state index in [2.05, 4.69) is 30.5 Å². The maximum Gasteiger partial charge on any atom is 0.240 e. The number of hydrogen-bond donors (Lipinski definition) is 3. The predicted octanol–water partition coefficient (Wildman–Crippen LogP) is 2.01. The Labute approximate surface area is 163 Å². The van der Waals surface area contributed by atoms with Crippen LogP contribution in [-0.4, -0.2) is 43.8 Å². The number of anilines is 3. The topological polar surface area (TPSA) is 118 Å². The summed E-state index contributed by atoms with van der Waals surface area (Å²) in [5.74, 6) is 1.72. The lowest BCUT2D eigenvalue weighted by molar-refractivity contribution is 0.414. The summed E-state index contributed by atoms with van der Waals surface area (Å²) < 4.78 is 32.0. The van der Waals surface area contributed by atoms with Gasteiger partial charge in [0.15, 0.2) is 5.82 Å². The molecule has 0 saturated carbocycles. The molecule has 3 N–H and O–H groups in total. The molecule has 2 heterocycles. The molecule has 0 fully saturated rings. The first-order chi connectivity index (χ1) is 13.6. The smallest absolute Gasteiger partial charge is 0.240 e. The van der Waals surface area contributed by atoms with Crippen LogP contribution in [0.5, 0.6) is 5.75 Å². The molecule has 0 bridgehead atoms. The molecular formula is C18H20N6O3S. The Kier molecular flexibility index (Phi) is 6.35. The standard InChI is InChI=1S/C18H20N6O3S/c1-27-15-4-6-16(7-5-15)28(25,26)21-12-11-20-17-8-9-18(24-23-17)22-14-3-2-10-19-13-14/h2-10,13,21H,11-12H2,1H3,(H,20,23)(H,22,24). The predicted molar refractivity (Wildman–Crippen MR) is 106 cm³/mol. The van der Waals surface area contributed by atoms with Gasteiger partial charge in [-0.05, 0) is 48.5 Å². The monoisotopic (exact) mass is 400 g/mol. The number of aromatic nitrogens is 3. The number of rotatable bonds is 9. The Hall–Kier alpha value is -3.24. The molecule has 0 atom stereocenters. The van der Waals surface area contributed by atoms with Crippen molar-refractivity contribution in [3.05, 3.63) is 60.9 Å². The van der Waals surface area contributed by atoms with Crippen LogP contribution in [0.15, 0.2) is 65.8 Å². The molecule has 1 aromatic carbocycles. The maximum atomic E-state index is 12.2. The average molecular weight is 400 g/mol. The summed E-state index contributed by atoms with van der Waals surface area (Å²) in [5, 5.41) is 14.2. The second-order valence-corrected chi connectivity index (χ2v) is 7.44. The average Bonchev–Trinajstić information content (AvgIpc) is 2.73. The van der Waals surface area contributed by atoms with Gasteiger partial charge in [-0.1, -0.05) is 0 Å². The van der Waals surface area contributed by atoms with Crippen LogP contribution in [0.2, 0.25) is 0 Å². The molecule has 0 saturated heterocycles. The first-order valence-electron chi connectivity index (χ1n) is 8.45. The van der Waals surface area contributed by atoms with Crippen molar-refractivity contribution < 1.29 is 13.2 Å². The zero-order valence-corrected chi connectivity index (χ0v) is 16.0. The second kappa shape index (κ2) is 9.11. The number of pyridine rings is 1. The molecule has 146 valence electrons. The van der Waals surface area contributed by atoms with Crippen LogP contribution in [0, 0.1) is 0 Å². The minimum atomic E-state index is -3.58. The molecule has 0 aliphatic carbocycles. The van der Waals surface area contributed by atoms with E-state index in [9.17, 15) is 8.42 Å². The Bertz CT molecular complexity index is 980. The van der Waals surface area contributed by atoms with Crippen molar-refractivity contribution in [1.82, 2.24) is 19.9 Å². The number of nitrogens with zero attached hydrogens (tertiary/aromatic N) is 3. The van der Waals surface area contributed by atoms with Gasteiger partial charge in [0.1, 0.15) is 11.6 Å². The summed E-state index contributed by atoms with van der Waals surface area (Å²) in [4.78, 5) is 4.19. The van der Waals surface area contributed by atoms with Crippen LogP contribution < -0.4 is 20.1 Å². The SMILES string of the molecule is COc1ccc(S(=O)(=O)NCCNc2ccc(Nc3cccnc3)nn2)cc1. The van der Waals surface area contributed by atoms with E-state index in [1.165, 1.54) is 19.2 Å². The summed E-state index contributed by atoms with van der Waals surface area (Å²) in [6.07, 6.45) is 3.37. The highest BCUT2D eigenvalue weighted by Gasteiger charge is 2.13. The number of benzene rings is 1. The number of hydrogen-bond acceptors (Lipinski definition) is 8. The van der Waals surface area contributed by atoms with Crippen molar-refractivity contribution in [3.8, 4) is 5.75 Å². The third-order valence-electron chi connectivity index (χ3n) is 3.69. The first kappa shape index (κ1) is 19.5. The molecule has 28 heavy (non-hydrogen) atoms. The molecule has 2 aromatic heterocycles. The van der Waals surface area contributed by atoms with E-state index in [0.29, 0.717) is 23.9 Å². The largest absolute Gasteiger partial charge is 0.497 e. The highest BCUT2D eigenvalue weighted by Crippen LogP contribution is 2.15. The van der Waals surface area contributed by atoms with E-state index in [-0.39, 0.29) is 11.4 Å². The van der Waals surface area contributed by atoms with E-state index in [1.807, 2.05) is 12.1 Å². The minimum Gasteiger partial charge on any atom is -0.497 e. The van der Waals surface area contributed by atoms with E-state index >= 15 is 0 Å². The summed E-state index contributed by atoms with van der Waals surface area (Å²) in [6, 6.07) is 13.4. The molecule has 3 rings (SSSR count). The molecule has 0 spiro atoms. The molecule has 0 radical (unpaired) electrons. The van der Waals surface area contributed by atoms with E-state index in [1.54, 1.807) is 36.7 Å². The second-order valence-electron chi connectivity index (χ2n) is 5.67. The molecule has 3 aromatic rings. The van der Waals surface area contributed by atoms with Crippen molar-refractivity contribution in [2.24, 2.45) is 0 Å². The van der Waals surface area contributed by atoms with Gasteiger partial charge in [0.05, 0.1) is 23.9 Å². The molecule has 10 heteroatoms. The van der Waals surface area contributed by atoms with Crippen LogP contribution in [0.25, 0.3) is 0 Å². The van der Waals surface area contributed by atoms with Gasteiger partial charge < -0.3 is 15.4 Å². The lowest BCUT2D eigenvalue weighted by Gasteiger charge is -2.09. The molecule has 0 aliphatic heterocycles. The van der Waals surface area contributed by atoms with Crippen LogP contribution in [-0.2, 0) is 10.0 Å². The van der Waals surface area contributed by atoms with Crippen LogP contribution in [0.4, 0.5) is 17.3 Å². The van der Waals surface area contributed by atoms with Gasteiger partial charge in [-0.3, -0.25) is 4.98 Å². The van der Waals surface area contributed by atoms with E-state index in [0.717, 1.165) is 5.69 Å².